The summed E-state index contributed by atoms with van der Waals surface area (Å²) in [6, 6.07) is 15.4. The number of aliphatic carboxylic acids is 1. The van der Waals surface area contributed by atoms with E-state index in [9.17, 15) is 19.5 Å². The molecule has 4 rings (SSSR count). The lowest BCUT2D eigenvalue weighted by atomic mass is 9.98. The highest BCUT2D eigenvalue weighted by Crippen LogP contribution is 2.44. The van der Waals surface area contributed by atoms with E-state index in [1.165, 1.54) is 16.0 Å². The number of amides is 2. The van der Waals surface area contributed by atoms with E-state index in [2.05, 4.69) is 29.6 Å². The maximum atomic E-state index is 12.7. The van der Waals surface area contributed by atoms with Crippen LogP contribution in [0.5, 0.6) is 0 Å². The van der Waals surface area contributed by atoms with Gasteiger partial charge in [-0.1, -0.05) is 55.5 Å². The number of nitrogens with zero attached hydrogens (tertiary/aromatic N) is 1. The molecule has 2 aromatic rings. The number of carboxylic acid groups (broad SMARTS) is 1. The molecule has 0 spiro atoms. The van der Waals surface area contributed by atoms with Crippen molar-refractivity contribution in [3.05, 3.63) is 59.7 Å². The third-order valence-electron chi connectivity index (χ3n) is 6.97. The molecule has 1 aliphatic carbocycles. The van der Waals surface area contributed by atoms with Gasteiger partial charge in [-0.15, -0.1) is 0 Å². The molecule has 34 heavy (non-hydrogen) atoms. The van der Waals surface area contributed by atoms with Crippen LogP contribution in [0.25, 0.3) is 11.1 Å². The van der Waals surface area contributed by atoms with E-state index >= 15 is 0 Å². The number of ether oxygens (including phenoxy) is 1. The van der Waals surface area contributed by atoms with Gasteiger partial charge in [0.2, 0.25) is 5.91 Å². The average molecular weight is 465 g/mol. The first kappa shape index (κ1) is 23.8. The van der Waals surface area contributed by atoms with E-state index in [0.29, 0.717) is 25.8 Å². The van der Waals surface area contributed by atoms with Crippen LogP contribution in [0.4, 0.5) is 4.79 Å². The van der Waals surface area contributed by atoms with Crippen molar-refractivity contribution in [3.63, 3.8) is 0 Å². The highest BCUT2D eigenvalue weighted by atomic mass is 16.5. The summed E-state index contributed by atoms with van der Waals surface area (Å²) >= 11 is 0. The van der Waals surface area contributed by atoms with E-state index in [1.54, 1.807) is 0 Å². The number of piperidine rings is 1. The molecule has 2 amide bonds. The van der Waals surface area contributed by atoms with E-state index < -0.39 is 18.1 Å². The number of nitrogens with one attached hydrogen (secondary N) is 1. The van der Waals surface area contributed by atoms with Gasteiger partial charge in [-0.25, -0.2) is 9.59 Å². The first-order valence-electron chi connectivity index (χ1n) is 12.1. The largest absolute Gasteiger partial charge is 0.480 e. The van der Waals surface area contributed by atoms with Gasteiger partial charge in [0.15, 0.2) is 0 Å². The van der Waals surface area contributed by atoms with Crippen LogP contribution in [-0.4, -0.2) is 53.2 Å². The minimum Gasteiger partial charge on any atom is -0.480 e. The lowest BCUT2D eigenvalue weighted by Crippen LogP contribution is -2.48. The molecule has 7 heteroatoms. The minimum absolute atomic E-state index is 0.00754. The Morgan fingerprint density at radius 3 is 2.32 bits per heavy atom. The second-order valence-corrected chi connectivity index (χ2v) is 9.05. The molecular formula is C27H32N2O5. The molecule has 1 fully saturated rings. The topological polar surface area (TPSA) is 95.9 Å². The van der Waals surface area contributed by atoms with Crippen LogP contribution in [0.15, 0.2) is 48.5 Å². The Hall–Kier alpha value is -3.35. The van der Waals surface area contributed by atoms with E-state index in [-0.39, 0.29) is 30.9 Å². The van der Waals surface area contributed by atoms with Gasteiger partial charge in [0.25, 0.3) is 0 Å². The van der Waals surface area contributed by atoms with Crippen molar-refractivity contribution in [3.8, 4) is 11.1 Å². The molecule has 1 saturated heterocycles. The van der Waals surface area contributed by atoms with Crippen LogP contribution in [0.2, 0.25) is 0 Å². The van der Waals surface area contributed by atoms with Crippen LogP contribution >= 0.6 is 0 Å². The van der Waals surface area contributed by atoms with Crippen LogP contribution in [0, 0.1) is 0 Å². The fourth-order valence-corrected chi connectivity index (χ4v) is 5.11. The number of alkyl carbamates (subject to hydrolysis) is 1. The van der Waals surface area contributed by atoms with Gasteiger partial charge in [0.1, 0.15) is 12.6 Å². The van der Waals surface area contributed by atoms with Crippen molar-refractivity contribution in [1.82, 2.24) is 10.2 Å². The number of likely N-dealkylation sites (tertiary alicyclic amines) is 1. The van der Waals surface area contributed by atoms with Crippen molar-refractivity contribution in [2.45, 2.75) is 63.5 Å². The predicted molar refractivity (Wildman–Crippen MR) is 129 cm³/mol. The van der Waals surface area contributed by atoms with Crippen molar-refractivity contribution < 1.29 is 24.2 Å². The number of carbonyl (C=O) groups excluding carboxylic acids is 2. The molecule has 2 N–H and O–H groups in total. The maximum absolute atomic E-state index is 12.7. The number of hydrogen-bond acceptors (Lipinski definition) is 4. The normalized spacial score (nSPS) is 18.0. The summed E-state index contributed by atoms with van der Waals surface area (Å²) < 4.78 is 5.62. The van der Waals surface area contributed by atoms with Gasteiger partial charge < -0.3 is 20.1 Å². The maximum Gasteiger partial charge on any atom is 0.407 e. The Kier molecular flexibility index (Phi) is 7.50. The fourth-order valence-electron chi connectivity index (χ4n) is 5.11. The minimum atomic E-state index is -0.947. The molecule has 0 radical (unpaired) electrons. The van der Waals surface area contributed by atoms with Gasteiger partial charge in [0, 0.05) is 24.9 Å². The summed E-state index contributed by atoms with van der Waals surface area (Å²) in [6.45, 7) is 2.66. The number of rotatable bonds is 8. The van der Waals surface area contributed by atoms with Crippen LogP contribution in [-0.2, 0) is 14.3 Å². The van der Waals surface area contributed by atoms with Crippen LogP contribution in [0.3, 0.4) is 0 Å². The summed E-state index contributed by atoms with van der Waals surface area (Å²) in [6.07, 6.45) is 2.94. The molecule has 0 saturated carbocycles. The van der Waals surface area contributed by atoms with Crippen molar-refractivity contribution in [1.29, 1.82) is 0 Å². The monoisotopic (exact) mass is 464 g/mol. The van der Waals surface area contributed by atoms with E-state index in [4.69, 9.17) is 4.74 Å². The molecule has 2 atom stereocenters. The second kappa shape index (κ2) is 10.7. The summed E-state index contributed by atoms with van der Waals surface area (Å²) in [5.74, 6) is -1.12. The highest BCUT2D eigenvalue weighted by molar-refractivity contribution is 5.84. The molecule has 7 nitrogen and oxygen atoms in total. The van der Waals surface area contributed by atoms with Crippen molar-refractivity contribution in [2.75, 3.05) is 13.2 Å². The number of carbonyl (C=O) groups is 3. The smallest absolute Gasteiger partial charge is 0.407 e. The zero-order chi connectivity index (χ0) is 24.1. The van der Waals surface area contributed by atoms with Crippen molar-refractivity contribution >= 4 is 18.0 Å². The molecule has 2 aliphatic rings. The first-order valence-corrected chi connectivity index (χ1v) is 12.1. The first-order chi connectivity index (χ1) is 16.5. The number of benzene rings is 2. The zero-order valence-electron chi connectivity index (χ0n) is 19.5. The van der Waals surface area contributed by atoms with Gasteiger partial charge in [0.05, 0.1) is 0 Å². The quantitative estimate of drug-likeness (QED) is 0.598. The second-order valence-electron chi connectivity index (χ2n) is 9.05. The number of fused-ring (bicyclic) bond motifs is 3. The summed E-state index contributed by atoms with van der Waals surface area (Å²) in [5, 5.41) is 12.3. The lowest BCUT2D eigenvalue weighted by molar-refractivity contribution is -0.152. The summed E-state index contributed by atoms with van der Waals surface area (Å²) in [4.78, 5) is 38.2. The lowest BCUT2D eigenvalue weighted by Gasteiger charge is -2.33. The molecule has 2 aromatic carbocycles. The van der Waals surface area contributed by atoms with Crippen LogP contribution in [0.1, 0.15) is 62.5 Å². The highest BCUT2D eigenvalue weighted by Gasteiger charge is 2.32. The van der Waals surface area contributed by atoms with Gasteiger partial charge in [-0.2, -0.15) is 0 Å². The van der Waals surface area contributed by atoms with Gasteiger partial charge >= 0.3 is 12.1 Å². The number of carboxylic acids is 1. The molecule has 0 bridgehead atoms. The average Bonchev–Trinajstić information content (AvgIpc) is 3.18. The van der Waals surface area contributed by atoms with E-state index in [0.717, 1.165) is 24.0 Å². The Morgan fingerprint density at radius 1 is 1.06 bits per heavy atom. The zero-order valence-corrected chi connectivity index (χ0v) is 19.5. The van der Waals surface area contributed by atoms with Crippen LogP contribution < -0.4 is 5.32 Å². The van der Waals surface area contributed by atoms with E-state index in [1.807, 2.05) is 31.2 Å². The SMILES string of the molecule is CCC(CCC(=O)N1CCCC[C@H]1C(=O)O)NC(=O)OCC1c2ccccc2-c2ccccc21. The van der Waals surface area contributed by atoms with Gasteiger partial charge in [-0.3, -0.25) is 4.79 Å². The molecule has 1 unspecified atom stereocenters. The summed E-state index contributed by atoms with van der Waals surface area (Å²) in [7, 11) is 0. The summed E-state index contributed by atoms with van der Waals surface area (Å²) in [5.41, 5.74) is 4.66. The van der Waals surface area contributed by atoms with Crippen molar-refractivity contribution in [2.24, 2.45) is 0 Å². The van der Waals surface area contributed by atoms with Gasteiger partial charge in [-0.05, 0) is 54.4 Å². The molecule has 0 aromatic heterocycles. The third kappa shape index (κ3) is 5.08. The Balaban J connectivity index is 1.30. The Morgan fingerprint density at radius 2 is 1.71 bits per heavy atom. The third-order valence-corrected chi connectivity index (χ3v) is 6.97. The molecular weight excluding hydrogens is 432 g/mol. The Labute approximate surface area is 200 Å². The standard InChI is InChI=1S/C27H32N2O5/c1-2-18(14-15-25(30)29-16-8-7-13-24(29)26(31)32)28-27(33)34-17-23-21-11-5-3-9-19(21)20-10-4-6-12-22(20)23/h3-6,9-12,18,23-24H,2,7-8,13-17H2,1H3,(H,28,33)(H,31,32)/t18?,24-/m0/s1. The Bertz CT molecular complexity index is 1010. The number of hydrogen-bond donors (Lipinski definition) is 2. The fraction of sp³-hybridized carbons (Fsp3) is 0.444. The predicted octanol–water partition coefficient (Wildman–Crippen LogP) is 4.55. The molecule has 1 aliphatic heterocycles. The molecule has 180 valence electrons. The molecule has 1 heterocycles.